The largest absolute Gasteiger partial charge is 0.469 e. The van der Waals surface area contributed by atoms with Crippen LogP contribution in [0.25, 0.3) is 0 Å². The maximum Gasteiger partial charge on any atom is 0.312 e. The summed E-state index contributed by atoms with van der Waals surface area (Å²) in [5.41, 5.74) is 0.827. The van der Waals surface area contributed by atoms with E-state index in [2.05, 4.69) is 43.4 Å². The molecule has 1 aromatic carbocycles. The molecule has 1 atom stereocenters. The molecule has 4 heteroatoms. The van der Waals surface area contributed by atoms with Gasteiger partial charge in [-0.3, -0.25) is 4.79 Å². The van der Waals surface area contributed by atoms with E-state index in [0.29, 0.717) is 11.8 Å². The number of benzene rings is 1. The topological polar surface area (TPSA) is 38.3 Å². The monoisotopic (exact) mass is 309 g/mol. The van der Waals surface area contributed by atoms with Crippen molar-refractivity contribution in [3.63, 3.8) is 0 Å². The molecule has 0 fully saturated rings. The summed E-state index contributed by atoms with van der Waals surface area (Å²) in [7, 11) is 1.44. The standard InChI is InChI=1S/C17H27NO2S/c1-6-11-18-13(2)14-7-9-15(10-8-14)21-12-17(3,4)16(19)20-5/h7-10,13,18H,6,11-12H2,1-5H3. The first-order valence-corrected chi connectivity index (χ1v) is 8.44. The Morgan fingerprint density at radius 2 is 1.95 bits per heavy atom. The number of carbonyl (C=O) groups excluding carboxylic acids is 1. The number of ether oxygens (including phenoxy) is 1. The Morgan fingerprint density at radius 3 is 2.48 bits per heavy atom. The van der Waals surface area contributed by atoms with E-state index in [4.69, 9.17) is 4.74 Å². The number of nitrogens with one attached hydrogen (secondary N) is 1. The van der Waals surface area contributed by atoms with Crippen molar-refractivity contribution in [3.05, 3.63) is 29.8 Å². The molecule has 0 aliphatic rings. The highest BCUT2D eigenvalue weighted by Crippen LogP contribution is 2.29. The molecule has 1 N–H and O–H groups in total. The third kappa shape index (κ3) is 5.71. The Labute approximate surface area is 132 Å². The highest BCUT2D eigenvalue weighted by Gasteiger charge is 2.28. The van der Waals surface area contributed by atoms with Crippen molar-refractivity contribution in [3.8, 4) is 0 Å². The van der Waals surface area contributed by atoms with Crippen molar-refractivity contribution < 1.29 is 9.53 Å². The molecular formula is C17H27NO2S. The number of hydrogen-bond acceptors (Lipinski definition) is 4. The normalized spacial score (nSPS) is 13.0. The average molecular weight is 309 g/mol. The summed E-state index contributed by atoms with van der Waals surface area (Å²) in [5, 5.41) is 3.48. The van der Waals surface area contributed by atoms with Gasteiger partial charge in [-0.05, 0) is 51.4 Å². The van der Waals surface area contributed by atoms with Crippen LogP contribution in [0, 0.1) is 5.41 Å². The predicted octanol–water partition coefficient (Wildman–Crippen LogP) is 4.04. The van der Waals surface area contributed by atoms with Crippen LogP contribution in [0.5, 0.6) is 0 Å². The van der Waals surface area contributed by atoms with Gasteiger partial charge in [0.1, 0.15) is 0 Å². The van der Waals surface area contributed by atoms with Crippen LogP contribution in [-0.2, 0) is 9.53 Å². The van der Waals surface area contributed by atoms with E-state index in [1.165, 1.54) is 17.6 Å². The Hall–Kier alpha value is -1.00. The number of esters is 1. The van der Waals surface area contributed by atoms with E-state index in [9.17, 15) is 4.79 Å². The zero-order chi connectivity index (χ0) is 15.9. The first-order valence-electron chi connectivity index (χ1n) is 7.45. The molecule has 0 heterocycles. The molecule has 21 heavy (non-hydrogen) atoms. The van der Waals surface area contributed by atoms with Gasteiger partial charge in [-0.2, -0.15) is 0 Å². The molecular weight excluding hydrogens is 282 g/mol. The number of hydrogen-bond donors (Lipinski definition) is 1. The summed E-state index contributed by atoms with van der Waals surface area (Å²) in [6.45, 7) is 9.21. The predicted molar refractivity (Wildman–Crippen MR) is 89.7 cm³/mol. The molecule has 0 bridgehead atoms. The van der Waals surface area contributed by atoms with Crippen molar-refractivity contribution in [1.29, 1.82) is 0 Å². The van der Waals surface area contributed by atoms with Crippen LogP contribution in [0.4, 0.5) is 0 Å². The lowest BCUT2D eigenvalue weighted by Gasteiger charge is -2.21. The summed E-state index contributed by atoms with van der Waals surface area (Å²) in [6.07, 6.45) is 1.14. The van der Waals surface area contributed by atoms with E-state index in [-0.39, 0.29) is 5.97 Å². The smallest absolute Gasteiger partial charge is 0.312 e. The van der Waals surface area contributed by atoms with Gasteiger partial charge in [-0.15, -0.1) is 11.8 Å². The van der Waals surface area contributed by atoms with Crippen molar-refractivity contribution in [2.24, 2.45) is 5.41 Å². The minimum Gasteiger partial charge on any atom is -0.469 e. The average Bonchev–Trinajstić information content (AvgIpc) is 2.50. The van der Waals surface area contributed by atoms with Crippen molar-refractivity contribution in [1.82, 2.24) is 5.32 Å². The molecule has 118 valence electrons. The van der Waals surface area contributed by atoms with Crippen LogP contribution in [0.2, 0.25) is 0 Å². The van der Waals surface area contributed by atoms with Gasteiger partial charge in [0.2, 0.25) is 0 Å². The van der Waals surface area contributed by atoms with Crippen molar-refractivity contribution >= 4 is 17.7 Å². The number of rotatable bonds is 8. The van der Waals surface area contributed by atoms with Crippen LogP contribution in [-0.4, -0.2) is 25.4 Å². The van der Waals surface area contributed by atoms with Gasteiger partial charge in [0.25, 0.3) is 0 Å². The summed E-state index contributed by atoms with van der Waals surface area (Å²) in [5.74, 6) is 0.548. The second kappa shape index (κ2) is 8.44. The highest BCUT2D eigenvalue weighted by atomic mass is 32.2. The molecule has 0 spiro atoms. The lowest BCUT2D eigenvalue weighted by Crippen LogP contribution is -2.28. The second-order valence-corrected chi connectivity index (χ2v) is 6.96. The SMILES string of the molecule is CCCNC(C)c1ccc(SCC(C)(C)C(=O)OC)cc1. The van der Waals surface area contributed by atoms with Gasteiger partial charge in [0.15, 0.2) is 0 Å². The molecule has 0 aliphatic heterocycles. The molecule has 0 aromatic heterocycles. The van der Waals surface area contributed by atoms with Crippen molar-refractivity contribution in [2.75, 3.05) is 19.4 Å². The third-order valence-corrected chi connectivity index (χ3v) is 4.89. The molecule has 0 saturated carbocycles. The molecule has 1 aromatic rings. The van der Waals surface area contributed by atoms with Gasteiger partial charge in [0.05, 0.1) is 12.5 Å². The fourth-order valence-electron chi connectivity index (χ4n) is 1.93. The summed E-state index contributed by atoms with van der Waals surface area (Å²) >= 11 is 1.69. The quantitative estimate of drug-likeness (QED) is 0.581. The first kappa shape index (κ1) is 18.1. The third-order valence-electron chi connectivity index (χ3n) is 3.42. The fourth-order valence-corrected chi connectivity index (χ4v) is 2.90. The molecule has 3 nitrogen and oxygen atoms in total. The second-order valence-electron chi connectivity index (χ2n) is 5.91. The Balaban J connectivity index is 2.57. The summed E-state index contributed by atoms with van der Waals surface area (Å²) < 4.78 is 4.83. The first-order chi connectivity index (χ1) is 9.90. The summed E-state index contributed by atoms with van der Waals surface area (Å²) in [6, 6.07) is 8.92. The molecule has 1 rings (SSSR count). The van der Waals surface area contributed by atoms with Crippen LogP contribution in [0.3, 0.4) is 0 Å². The van der Waals surface area contributed by atoms with Crippen LogP contribution >= 0.6 is 11.8 Å². The minimum atomic E-state index is -0.464. The molecule has 1 unspecified atom stereocenters. The molecule has 0 amide bonds. The molecule has 0 radical (unpaired) electrons. The van der Waals surface area contributed by atoms with Gasteiger partial charge < -0.3 is 10.1 Å². The van der Waals surface area contributed by atoms with Gasteiger partial charge >= 0.3 is 5.97 Å². The van der Waals surface area contributed by atoms with E-state index in [0.717, 1.165) is 13.0 Å². The van der Waals surface area contributed by atoms with Gasteiger partial charge in [-0.25, -0.2) is 0 Å². The number of thioether (sulfide) groups is 1. The highest BCUT2D eigenvalue weighted by molar-refractivity contribution is 7.99. The Kier molecular flexibility index (Phi) is 7.26. The van der Waals surface area contributed by atoms with E-state index < -0.39 is 5.41 Å². The maximum absolute atomic E-state index is 11.7. The van der Waals surface area contributed by atoms with Gasteiger partial charge in [-0.1, -0.05) is 19.1 Å². The molecule has 0 aliphatic carbocycles. The van der Waals surface area contributed by atoms with Crippen LogP contribution in [0.15, 0.2) is 29.2 Å². The number of carbonyl (C=O) groups is 1. The van der Waals surface area contributed by atoms with Crippen molar-refractivity contribution in [2.45, 2.75) is 45.1 Å². The van der Waals surface area contributed by atoms with E-state index >= 15 is 0 Å². The van der Waals surface area contributed by atoms with E-state index in [1.54, 1.807) is 11.8 Å². The lowest BCUT2D eigenvalue weighted by molar-refractivity contribution is -0.149. The molecule has 0 saturated heterocycles. The van der Waals surface area contributed by atoms with Crippen LogP contribution < -0.4 is 5.32 Å². The summed E-state index contributed by atoms with van der Waals surface area (Å²) in [4.78, 5) is 12.8. The Morgan fingerprint density at radius 1 is 1.33 bits per heavy atom. The fraction of sp³-hybridized carbons (Fsp3) is 0.588. The van der Waals surface area contributed by atoms with Crippen LogP contribution in [0.1, 0.15) is 45.7 Å². The zero-order valence-electron chi connectivity index (χ0n) is 13.7. The van der Waals surface area contributed by atoms with Gasteiger partial charge in [0, 0.05) is 16.7 Å². The minimum absolute atomic E-state index is 0.163. The lowest BCUT2D eigenvalue weighted by atomic mass is 9.97. The Bertz CT molecular complexity index is 443. The van der Waals surface area contributed by atoms with E-state index in [1.807, 2.05) is 13.8 Å². The maximum atomic E-state index is 11.7. The number of methoxy groups -OCH3 is 1. The zero-order valence-corrected chi connectivity index (χ0v) is 14.5.